The van der Waals surface area contributed by atoms with Crippen molar-refractivity contribution in [1.82, 2.24) is 9.97 Å². The molecule has 112 valence electrons. The van der Waals surface area contributed by atoms with Crippen LogP contribution in [0.1, 0.15) is 39.4 Å². The monoisotopic (exact) mass is 287 g/mol. The van der Waals surface area contributed by atoms with Crippen molar-refractivity contribution in [1.29, 1.82) is 0 Å². The number of carbonyl (C=O) groups excluding carboxylic acids is 1. The van der Waals surface area contributed by atoms with Gasteiger partial charge >= 0.3 is 0 Å². The van der Waals surface area contributed by atoms with Gasteiger partial charge in [0.05, 0.1) is 22.6 Å². The van der Waals surface area contributed by atoms with Gasteiger partial charge in [-0.25, -0.2) is 4.98 Å². The number of nitrogens with one attached hydrogen (secondary N) is 1. The lowest BCUT2D eigenvalue weighted by Crippen LogP contribution is -2.52. The van der Waals surface area contributed by atoms with Crippen LogP contribution in [0.2, 0.25) is 0 Å². The van der Waals surface area contributed by atoms with E-state index in [1.54, 1.807) is 0 Å². The Morgan fingerprint density at radius 3 is 2.71 bits per heavy atom. The van der Waals surface area contributed by atoms with E-state index in [-0.39, 0.29) is 11.8 Å². The summed E-state index contributed by atoms with van der Waals surface area (Å²) in [5.41, 5.74) is 6.27. The zero-order valence-corrected chi connectivity index (χ0v) is 12.6. The molecule has 2 heterocycles. The molecule has 5 heteroatoms. The minimum Gasteiger partial charge on any atom is -0.369 e. The third-order valence-corrected chi connectivity index (χ3v) is 4.47. The fourth-order valence-corrected chi connectivity index (χ4v) is 3.32. The maximum Gasteiger partial charge on any atom is 0.223 e. The second-order valence-corrected chi connectivity index (χ2v) is 6.53. The van der Waals surface area contributed by atoms with Crippen LogP contribution in [0.25, 0.3) is 11.0 Å². The highest BCUT2D eigenvalue weighted by atomic mass is 16.5. The van der Waals surface area contributed by atoms with Crippen LogP contribution in [-0.2, 0) is 15.1 Å². The number of benzene rings is 1. The van der Waals surface area contributed by atoms with Gasteiger partial charge in [-0.3, -0.25) is 4.79 Å². The summed E-state index contributed by atoms with van der Waals surface area (Å²) in [6.45, 7) is 5.86. The molecule has 0 saturated carbocycles. The molecule has 5 nitrogen and oxygen atoms in total. The first-order valence-electron chi connectivity index (χ1n) is 7.26. The molecular formula is C16H21N3O2. The average molecular weight is 287 g/mol. The molecule has 1 fully saturated rings. The molecule has 3 N–H and O–H groups in total. The van der Waals surface area contributed by atoms with Crippen molar-refractivity contribution in [2.24, 2.45) is 11.7 Å². The smallest absolute Gasteiger partial charge is 0.223 e. The number of H-pyrrole nitrogens is 1. The van der Waals surface area contributed by atoms with Gasteiger partial charge < -0.3 is 15.5 Å². The van der Waals surface area contributed by atoms with Crippen LogP contribution in [-0.4, -0.2) is 21.5 Å². The van der Waals surface area contributed by atoms with E-state index in [0.717, 1.165) is 16.9 Å². The molecule has 1 aromatic heterocycles. The molecule has 1 aliphatic rings. The van der Waals surface area contributed by atoms with E-state index in [2.05, 4.69) is 9.97 Å². The molecule has 1 aliphatic heterocycles. The van der Waals surface area contributed by atoms with Gasteiger partial charge in [0.1, 0.15) is 11.4 Å². The Labute approximate surface area is 123 Å². The van der Waals surface area contributed by atoms with Crippen molar-refractivity contribution in [3.8, 4) is 0 Å². The fraction of sp³-hybridized carbons (Fsp3) is 0.500. The standard InChI is InChI=1S/C16H21N3O2/c1-15(2)10(13(17)20)8-9-16(3,21-15)14-18-11-6-4-5-7-12(11)19-14/h4-7,10H,8-9H2,1-3H3,(H2,17,20)(H,18,19). The third-order valence-electron chi connectivity index (χ3n) is 4.47. The van der Waals surface area contributed by atoms with Gasteiger partial charge in [-0.2, -0.15) is 0 Å². The Hall–Kier alpha value is -1.88. The number of aromatic amines is 1. The zero-order chi connectivity index (χ0) is 15.3. The first-order chi connectivity index (χ1) is 9.82. The van der Waals surface area contributed by atoms with Crippen LogP contribution in [0.3, 0.4) is 0 Å². The molecule has 0 aliphatic carbocycles. The Morgan fingerprint density at radius 2 is 2.10 bits per heavy atom. The lowest BCUT2D eigenvalue weighted by atomic mass is 9.78. The zero-order valence-electron chi connectivity index (χ0n) is 12.6. The summed E-state index contributed by atoms with van der Waals surface area (Å²) in [6, 6.07) is 7.90. The van der Waals surface area contributed by atoms with Crippen molar-refractivity contribution in [3.05, 3.63) is 30.1 Å². The lowest BCUT2D eigenvalue weighted by Gasteiger charge is -2.46. The topological polar surface area (TPSA) is 81.0 Å². The number of para-hydroxylation sites is 2. The third kappa shape index (κ3) is 2.31. The molecule has 1 saturated heterocycles. The lowest BCUT2D eigenvalue weighted by molar-refractivity contribution is -0.202. The fourth-order valence-electron chi connectivity index (χ4n) is 3.32. The number of fused-ring (bicyclic) bond motifs is 1. The summed E-state index contributed by atoms with van der Waals surface area (Å²) in [6.07, 6.45) is 1.42. The van der Waals surface area contributed by atoms with E-state index in [1.165, 1.54) is 0 Å². The normalized spacial score (nSPS) is 28.6. The van der Waals surface area contributed by atoms with Gasteiger partial charge in [-0.1, -0.05) is 12.1 Å². The highest BCUT2D eigenvalue weighted by Gasteiger charge is 2.48. The van der Waals surface area contributed by atoms with E-state index in [0.29, 0.717) is 12.8 Å². The number of hydrogen-bond acceptors (Lipinski definition) is 3. The number of rotatable bonds is 2. The molecule has 1 amide bonds. The van der Waals surface area contributed by atoms with Crippen LogP contribution in [0.15, 0.2) is 24.3 Å². The molecule has 0 bridgehead atoms. The van der Waals surface area contributed by atoms with E-state index in [1.807, 2.05) is 45.0 Å². The summed E-state index contributed by atoms with van der Waals surface area (Å²) < 4.78 is 6.26. The molecule has 1 aromatic carbocycles. The molecule has 2 unspecified atom stereocenters. The molecule has 2 aromatic rings. The quantitative estimate of drug-likeness (QED) is 0.890. The van der Waals surface area contributed by atoms with Gasteiger partial charge in [0.15, 0.2) is 0 Å². The number of ether oxygens (including phenoxy) is 1. The maximum atomic E-state index is 11.6. The van der Waals surface area contributed by atoms with Gasteiger partial charge in [-0.15, -0.1) is 0 Å². The Kier molecular flexibility index (Phi) is 3.06. The summed E-state index contributed by atoms with van der Waals surface area (Å²) in [7, 11) is 0. The largest absolute Gasteiger partial charge is 0.369 e. The first kappa shape index (κ1) is 14.1. The van der Waals surface area contributed by atoms with E-state index < -0.39 is 11.2 Å². The first-order valence-corrected chi connectivity index (χ1v) is 7.26. The molecule has 0 radical (unpaired) electrons. The summed E-state index contributed by atoms with van der Waals surface area (Å²) in [5, 5.41) is 0. The van der Waals surface area contributed by atoms with Crippen LogP contribution in [0, 0.1) is 5.92 Å². The number of aromatic nitrogens is 2. The van der Waals surface area contributed by atoms with Crippen LogP contribution >= 0.6 is 0 Å². The SMILES string of the molecule is CC1(c2nc3ccccc3[nH]2)CCC(C(N)=O)C(C)(C)O1. The second-order valence-electron chi connectivity index (χ2n) is 6.53. The summed E-state index contributed by atoms with van der Waals surface area (Å²) in [5.74, 6) is 0.237. The van der Waals surface area contributed by atoms with E-state index >= 15 is 0 Å². The van der Waals surface area contributed by atoms with Gasteiger partial charge in [0.25, 0.3) is 0 Å². The Morgan fingerprint density at radius 1 is 1.38 bits per heavy atom. The molecular weight excluding hydrogens is 266 g/mol. The molecule has 2 atom stereocenters. The van der Waals surface area contributed by atoms with Gasteiger partial charge in [-0.05, 0) is 45.7 Å². The number of nitrogens with zero attached hydrogens (tertiary/aromatic N) is 1. The molecule has 0 spiro atoms. The molecule has 3 rings (SSSR count). The van der Waals surface area contributed by atoms with Crippen molar-refractivity contribution >= 4 is 16.9 Å². The minimum atomic E-state index is -0.599. The van der Waals surface area contributed by atoms with Crippen molar-refractivity contribution < 1.29 is 9.53 Å². The Bertz CT molecular complexity index is 659. The second kappa shape index (κ2) is 4.56. The number of nitrogens with two attached hydrogens (primary N) is 1. The summed E-state index contributed by atoms with van der Waals surface area (Å²) in [4.78, 5) is 19.6. The van der Waals surface area contributed by atoms with Crippen molar-refractivity contribution in [3.63, 3.8) is 0 Å². The number of amides is 1. The van der Waals surface area contributed by atoms with Crippen LogP contribution in [0.4, 0.5) is 0 Å². The van der Waals surface area contributed by atoms with Crippen LogP contribution < -0.4 is 5.73 Å². The minimum absolute atomic E-state index is 0.269. The summed E-state index contributed by atoms with van der Waals surface area (Å²) >= 11 is 0. The predicted molar refractivity (Wildman–Crippen MR) is 80.5 cm³/mol. The van der Waals surface area contributed by atoms with E-state index in [9.17, 15) is 4.79 Å². The highest BCUT2D eigenvalue weighted by molar-refractivity contribution is 5.78. The number of primary amides is 1. The molecule has 21 heavy (non-hydrogen) atoms. The average Bonchev–Trinajstić information content (AvgIpc) is 2.81. The van der Waals surface area contributed by atoms with Crippen LogP contribution in [0.5, 0.6) is 0 Å². The van der Waals surface area contributed by atoms with Crippen molar-refractivity contribution in [2.45, 2.75) is 44.8 Å². The highest BCUT2D eigenvalue weighted by Crippen LogP contribution is 2.44. The maximum absolute atomic E-state index is 11.6. The number of imidazole rings is 1. The van der Waals surface area contributed by atoms with E-state index in [4.69, 9.17) is 10.5 Å². The predicted octanol–water partition coefficient (Wildman–Crippen LogP) is 2.47. The van der Waals surface area contributed by atoms with Gasteiger partial charge in [0.2, 0.25) is 5.91 Å². The van der Waals surface area contributed by atoms with Gasteiger partial charge in [0, 0.05) is 0 Å². The van der Waals surface area contributed by atoms with Crippen molar-refractivity contribution in [2.75, 3.05) is 0 Å². The number of carbonyl (C=O) groups is 1. The Balaban J connectivity index is 1.96. The number of hydrogen-bond donors (Lipinski definition) is 2.